The van der Waals surface area contributed by atoms with Gasteiger partial charge in [-0.3, -0.25) is 4.79 Å². The minimum atomic E-state index is -0.933. The van der Waals surface area contributed by atoms with Gasteiger partial charge in [0.05, 0.1) is 30.0 Å². The van der Waals surface area contributed by atoms with Gasteiger partial charge in [0.2, 0.25) is 0 Å². The molecule has 0 spiro atoms. The molecule has 0 saturated carbocycles. The van der Waals surface area contributed by atoms with Gasteiger partial charge >= 0.3 is 5.97 Å². The van der Waals surface area contributed by atoms with Crippen LogP contribution in [0.2, 0.25) is 0 Å². The monoisotopic (exact) mass is 398 g/mol. The summed E-state index contributed by atoms with van der Waals surface area (Å²) in [6, 6.07) is 0. The van der Waals surface area contributed by atoms with Crippen LogP contribution in [0.25, 0.3) is 0 Å². The molecule has 3 N–H and O–H groups in total. The van der Waals surface area contributed by atoms with Crippen molar-refractivity contribution >= 4 is 5.97 Å². The average molecular weight is 399 g/mol. The molecule has 6 heteroatoms. The van der Waals surface area contributed by atoms with Crippen LogP contribution in [0.15, 0.2) is 23.3 Å². The van der Waals surface area contributed by atoms with E-state index in [1.165, 1.54) is 6.92 Å². The first-order valence-corrected chi connectivity index (χ1v) is 10.1. The van der Waals surface area contributed by atoms with Crippen LogP contribution < -0.4 is 0 Å². The first-order valence-electron chi connectivity index (χ1n) is 10.1. The Labute approximate surface area is 169 Å². The molecular formula is C22H38O6. The van der Waals surface area contributed by atoms with Gasteiger partial charge in [-0.25, -0.2) is 0 Å². The maximum Gasteiger partial charge on any atom is 0.302 e. The quantitative estimate of drug-likeness (QED) is 0.366. The number of carbonyl (C=O) groups excluding carboxylic acids is 1. The summed E-state index contributed by atoms with van der Waals surface area (Å²) < 4.78 is 11.2. The van der Waals surface area contributed by atoms with Crippen molar-refractivity contribution in [3.05, 3.63) is 23.3 Å². The molecule has 3 unspecified atom stereocenters. The van der Waals surface area contributed by atoms with Crippen molar-refractivity contribution in [3.8, 4) is 0 Å². The third kappa shape index (κ3) is 8.43. The van der Waals surface area contributed by atoms with Gasteiger partial charge in [-0.2, -0.15) is 0 Å². The van der Waals surface area contributed by atoms with Crippen LogP contribution in [-0.4, -0.2) is 57.9 Å². The fourth-order valence-electron chi connectivity index (χ4n) is 3.42. The molecule has 0 radical (unpaired) electrons. The predicted octanol–water partition coefficient (Wildman–Crippen LogP) is 3.04. The zero-order valence-electron chi connectivity index (χ0n) is 18.0. The third-order valence-corrected chi connectivity index (χ3v) is 5.42. The molecule has 0 amide bonds. The first kappa shape index (κ1) is 24.8. The number of hydrogen-bond donors (Lipinski definition) is 3. The molecule has 1 aliphatic heterocycles. The largest absolute Gasteiger partial charge is 0.461 e. The zero-order valence-corrected chi connectivity index (χ0v) is 18.0. The lowest BCUT2D eigenvalue weighted by atomic mass is 9.90. The Bertz CT molecular complexity index is 560. The lowest BCUT2D eigenvalue weighted by molar-refractivity contribution is -0.154. The number of rotatable bonds is 11. The van der Waals surface area contributed by atoms with E-state index in [0.29, 0.717) is 25.7 Å². The number of carbonyl (C=O) groups is 1. The highest BCUT2D eigenvalue weighted by Gasteiger charge is 2.46. The predicted molar refractivity (Wildman–Crippen MR) is 109 cm³/mol. The molecule has 1 fully saturated rings. The normalized spacial score (nSPS) is 25.1. The molecule has 6 nitrogen and oxygen atoms in total. The lowest BCUT2D eigenvalue weighted by Crippen LogP contribution is -2.43. The Morgan fingerprint density at radius 3 is 2.54 bits per heavy atom. The molecule has 0 bridgehead atoms. The average Bonchev–Trinajstić information content (AvgIpc) is 3.00. The van der Waals surface area contributed by atoms with Crippen LogP contribution in [0.4, 0.5) is 0 Å². The summed E-state index contributed by atoms with van der Waals surface area (Å²) >= 11 is 0. The van der Waals surface area contributed by atoms with Crippen LogP contribution in [-0.2, 0) is 14.3 Å². The fourth-order valence-corrected chi connectivity index (χ4v) is 3.42. The van der Waals surface area contributed by atoms with E-state index >= 15 is 0 Å². The molecular weight excluding hydrogens is 360 g/mol. The highest BCUT2D eigenvalue weighted by Crippen LogP contribution is 2.38. The van der Waals surface area contributed by atoms with Crippen LogP contribution in [0.3, 0.4) is 0 Å². The van der Waals surface area contributed by atoms with Gasteiger partial charge in [-0.15, -0.1) is 0 Å². The summed E-state index contributed by atoms with van der Waals surface area (Å²) in [5.74, 6) is -0.332. The van der Waals surface area contributed by atoms with Gasteiger partial charge in [0, 0.05) is 6.92 Å². The molecule has 162 valence electrons. The molecule has 1 saturated heterocycles. The molecule has 1 aliphatic rings. The van der Waals surface area contributed by atoms with Crippen LogP contribution in [0.1, 0.15) is 73.1 Å². The fraction of sp³-hybridized carbons (Fsp3) is 0.773. The van der Waals surface area contributed by atoms with Crippen LogP contribution in [0, 0.1) is 0 Å². The van der Waals surface area contributed by atoms with Crippen LogP contribution in [0.5, 0.6) is 0 Å². The molecule has 1 rings (SSSR count). The van der Waals surface area contributed by atoms with E-state index in [1.54, 1.807) is 19.9 Å². The zero-order chi connectivity index (χ0) is 21.4. The first-order chi connectivity index (χ1) is 13.0. The molecule has 0 aromatic carbocycles. The highest BCUT2D eigenvalue weighted by atomic mass is 16.5. The van der Waals surface area contributed by atoms with Crippen molar-refractivity contribution in [1.29, 1.82) is 0 Å². The summed E-state index contributed by atoms with van der Waals surface area (Å²) in [7, 11) is 0. The number of hydrogen-bond acceptors (Lipinski definition) is 6. The Hall–Kier alpha value is -1.21. The minimum Gasteiger partial charge on any atom is -0.461 e. The van der Waals surface area contributed by atoms with E-state index < -0.39 is 17.3 Å². The smallest absolute Gasteiger partial charge is 0.302 e. The van der Waals surface area contributed by atoms with Crippen molar-refractivity contribution in [3.63, 3.8) is 0 Å². The van der Waals surface area contributed by atoms with E-state index in [2.05, 4.69) is 0 Å². The van der Waals surface area contributed by atoms with E-state index in [4.69, 9.17) is 14.6 Å². The van der Waals surface area contributed by atoms with E-state index in [-0.39, 0.29) is 25.3 Å². The summed E-state index contributed by atoms with van der Waals surface area (Å²) in [5.41, 5.74) is 0.456. The Kier molecular flexibility index (Phi) is 9.84. The number of aliphatic hydroxyl groups is 3. The molecule has 1 heterocycles. The third-order valence-electron chi connectivity index (χ3n) is 5.42. The lowest BCUT2D eigenvalue weighted by Gasteiger charge is -2.33. The SMILES string of the molecule is CC(=O)OCC(=CCCC(C)=CCO)CCC(O)C1(C)CCC(C(C)(C)O)O1. The highest BCUT2D eigenvalue weighted by molar-refractivity contribution is 5.66. The number of allylic oxidation sites excluding steroid dienone is 2. The van der Waals surface area contributed by atoms with Crippen LogP contribution >= 0.6 is 0 Å². The Morgan fingerprint density at radius 2 is 2.00 bits per heavy atom. The number of aliphatic hydroxyl groups excluding tert-OH is 2. The Morgan fingerprint density at radius 1 is 1.32 bits per heavy atom. The van der Waals surface area contributed by atoms with E-state index in [1.807, 2.05) is 19.9 Å². The number of esters is 1. The summed E-state index contributed by atoms with van der Waals surface area (Å²) in [4.78, 5) is 11.2. The van der Waals surface area contributed by atoms with Gasteiger partial charge < -0.3 is 24.8 Å². The van der Waals surface area contributed by atoms with E-state index in [9.17, 15) is 15.0 Å². The summed E-state index contributed by atoms with van der Waals surface area (Å²) in [6.07, 6.45) is 6.96. The van der Waals surface area contributed by atoms with E-state index in [0.717, 1.165) is 24.0 Å². The van der Waals surface area contributed by atoms with Crippen molar-refractivity contribution in [1.82, 2.24) is 0 Å². The van der Waals surface area contributed by atoms with Crippen molar-refractivity contribution < 1.29 is 29.6 Å². The maximum atomic E-state index is 11.2. The van der Waals surface area contributed by atoms with Crippen molar-refractivity contribution in [2.45, 2.75) is 96.6 Å². The molecule has 0 aliphatic carbocycles. The second kappa shape index (κ2) is 11.1. The minimum absolute atomic E-state index is 0.0340. The van der Waals surface area contributed by atoms with Gasteiger partial charge in [0.25, 0.3) is 0 Å². The van der Waals surface area contributed by atoms with Gasteiger partial charge in [-0.1, -0.05) is 17.7 Å². The maximum absolute atomic E-state index is 11.2. The van der Waals surface area contributed by atoms with Gasteiger partial charge in [0.15, 0.2) is 0 Å². The van der Waals surface area contributed by atoms with Gasteiger partial charge in [0.1, 0.15) is 6.61 Å². The molecule has 0 aromatic heterocycles. The molecule has 28 heavy (non-hydrogen) atoms. The second-order valence-electron chi connectivity index (χ2n) is 8.58. The summed E-state index contributed by atoms with van der Waals surface area (Å²) in [6.45, 7) is 8.94. The number of ether oxygens (including phenoxy) is 2. The van der Waals surface area contributed by atoms with Crippen molar-refractivity contribution in [2.24, 2.45) is 0 Å². The topological polar surface area (TPSA) is 96.2 Å². The molecule has 0 aromatic rings. The summed E-state index contributed by atoms with van der Waals surface area (Å²) in [5, 5.41) is 29.8. The van der Waals surface area contributed by atoms with Gasteiger partial charge in [-0.05, 0) is 71.8 Å². The Balaban J connectivity index is 2.65. The molecule has 3 atom stereocenters. The second-order valence-corrected chi connectivity index (χ2v) is 8.58. The van der Waals surface area contributed by atoms with Crippen molar-refractivity contribution in [2.75, 3.05) is 13.2 Å². The standard InChI is InChI=1S/C22H38O6/c1-16(12-14-23)7-6-8-18(15-27-17(2)24)9-10-19(25)22(5)13-11-20(28-22)21(3,4)26/h8,12,19-20,23,25-26H,6-7,9-11,13-15H2,1-5H3.